The number of ketones is 1. The second-order valence-corrected chi connectivity index (χ2v) is 7.62. The van der Waals surface area contributed by atoms with Gasteiger partial charge in [-0.15, -0.1) is 0 Å². The van der Waals surface area contributed by atoms with Gasteiger partial charge in [-0.1, -0.05) is 19.1 Å². The molecule has 140 valence electrons. The number of piperidine rings is 1. The summed E-state index contributed by atoms with van der Waals surface area (Å²) in [6, 6.07) is 11.3. The Morgan fingerprint density at radius 1 is 1.11 bits per heavy atom. The van der Waals surface area contributed by atoms with Crippen LogP contribution in [0.3, 0.4) is 0 Å². The van der Waals surface area contributed by atoms with Crippen LogP contribution in [0.2, 0.25) is 0 Å². The predicted molar refractivity (Wildman–Crippen MR) is 107 cm³/mol. The molecular formula is C22H24N2O3. The molecule has 0 atom stereocenters. The summed E-state index contributed by atoms with van der Waals surface area (Å²) >= 11 is 0. The molecular weight excluding hydrogens is 340 g/mol. The van der Waals surface area contributed by atoms with Gasteiger partial charge in [0.25, 0.3) is 0 Å². The first-order chi connectivity index (χ1) is 12.9. The summed E-state index contributed by atoms with van der Waals surface area (Å²) in [6.07, 6.45) is 2.36. The maximum atomic E-state index is 13.1. The van der Waals surface area contributed by atoms with E-state index in [1.54, 1.807) is 13.1 Å². The molecule has 27 heavy (non-hydrogen) atoms. The van der Waals surface area contributed by atoms with Crippen molar-refractivity contribution in [2.24, 2.45) is 13.0 Å². The summed E-state index contributed by atoms with van der Waals surface area (Å²) in [7, 11) is 1.67. The fourth-order valence-electron chi connectivity index (χ4n) is 3.92. The van der Waals surface area contributed by atoms with E-state index in [2.05, 4.69) is 17.9 Å². The first-order valence-electron chi connectivity index (χ1n) is 9.44. The third kappa shape index (κ3) is 3.18. The van der Waals surface area contributed by atoms with Gasteiger partial charge in [0.15, 0.2) is 11.4 Å². The number of carbonyl (C=O) groups is 1. The Morgan fingerprint density at radius 3 is 2.59 bits per heavy atom. The first kappa shape index (κ1) is 17.6. The van der Waals surface area contributed by atoms with E-state index in [4.69, 9.17) is 4.42 Å². The van der Waals surface area contributed by atoms with Gasteiger partial charge in [0.1, 0.15) is 0 Å². The van der Waals surface area contributed by atoms with Crippen LogP contribution in [0.1, 0.15) is 41.3 Å². The number of carbonyl (C=O) groups excluding carboxylic acids is 1. The van der Waals surface area contributed by atoms with Crippen LogP contribution in [0.25, 0.3) is 11.1 Å². The zero-order valence-corrected chi connectivity index (χ0v) is 16.0. The van der Waals surface area contributed by atoms with Crippen molar-refractivity contribution in [3.63, 3.8) is 0 Å². The molecule has 0 N–H and O–H groups in total. The van der Waals surface area contributed by atoms with Gasteiger partial charge < -0.3 is 9.32 Å². The SMILES string of the molecule is Cc1cc(C(=O)c2cccc(N3CCC(C)CC3)c2)cc2oc(=O)n(C)c12. The molecule has 5 nitrogen and oxygen atoms in total. The Bertz CT molecular complexity index is 1070. The standard InChI is InChI=1S/C22H24N2O3/c1-14-7-9-24(10-8-14)18-6-4-5-16(12-18)21(25)17-11-15(2)20-19(13-17)27-22(26)23(20)3/h4-6,11-14H,7-10H2,1-3H3. The molecule has 1 saturated heterocycles. The average Bonchev–Trinajstić information content (AvgIpc) is 2.96. The monoisotopic (exact) mass is 364 g/mol. The summed E-state index contributed by atoms with van der Waals surface area (Å²) < 4.78 is 6.75. The molecule has 0 spiro atoms. The lowest BCUT2D eigenvalue weighted by Gasteiger charge is -2.32. The topological polar surface area (TPSA) is 55.5 Å². The van der Waals surface area contributed by atoms with Crippen molar-refractivity contribution in [3.8, 4) is 0 Å². The average molecular weight is 364 g/mol. The highest BCUT2D eigenvalue weighted by atomic mass is 16.4. The normalized spacial score (nSPS) is 15.4. The summed E-state index contributed by atoms with van der Waals surface area (Å²) in [5.74, 6) is 0.291. The van der Waals surface area contributed by atoms with E-state index >= 15 is 0 Å². The molecule has 0 saturated carbocycles. The van der Waals surface area contributed by atoms with Gasteiger partial charge in [-0.25, -0.2) is 4.79 Å². The lowest BCUT2D eigenvalue weighted by Crippen LogP contribution is -2.32. The zero-order chi connectivity index (χ0) is 19.1. The van der Waals surface area contributed by atoms with E-state index in [9.17, 15) is 9.59 Å². The molecule has 1 aromatic heterocycles. The summed E-state index contributed by atoms with van der Waals surface area (Å²) in [5.41, 5.74) is 4.32. The van der Waals surface area contributed by atoms with Crippen molar-refractivity contribution >= 4 is 22.6 Å². The molecule has 0 aliphatic carbocycles. The molecule has 0 radical (unpaired) electrons. The maximum absolute atomic E-state index is 13.1. The molecule has 1 fully saturated rings. The van der Waals surface area contributed by atoms with Gasteiger partial charge in [-0.05, 0) is 55.5 Å². The minimum atomic E-state index is -0.418. The fourth-order valence-corrected chi connectivity index (χ4v) is 3.92. The first-order valence-corrected chi connectivity index (χ1v) is 9.44. The molecule has 0 bridgehead atoms. The van der Waals surface area contributed by atoms with E-state index in [1.807, 2.05) is 31.2 Å². The van der Waals surface area contributed by atoms with Gasteiger partial charge in [-0.2, -0.15) is 0 Å². The van der Waals surface area contributed by atoms with Gasteiger partial charge in [-0.3, -0.25) is 9.36 Å². The van der Waals surface area contributed by atoms with Gasteiger partial charge in [0, 0.05) is 37.0 Å². The van der Waals surface area contributed by atoms with Crippen molar-refractivity contribution < 1.29 is 9.21 Å². The second kappa shape index (κ2) is 6.72. The minimum Gasteiger partial charge on any atom is -0.408 e. The number of oxazole rings is 1. The zero-order valence-electron chi connectivity index (χ0n) is 16.0. The number of hydrogen-bond acceptors (Lipinski definition) is 4. The van der Waals surface area contributed by atoms with Crippen molar-refractivity contribution in [3.05, 3.63) is 63.6 Å². The molecule has 4 rings (SSSR count). The van der Waals surface area contributed by atoms with Crippen molar-refractivity contribution in [1.82, 2.24) is 4.57 Å². The number of nitrogens with zero attached hydrogens (tertiary/aromatic N) is 2. The number of hydrogen-bond donors (Lipinski definition) is 0. The van der Waals surface area contributed by atoms with Gasteiger partial charge in [0.2, 0.25) is 0 Å². The largest absolute Gasteiger partial charge is 0.419 e. The Morgan fingerprint density at radius 2 is 1.85 bits per heavy atom. The smallest absolute Gasteiger partial charge is 0.408 e. The highest BCUT2D eigenvalue weighted by Gasteiger charge is 2.19. The third-order valence-electron chi connectivity index (χ3n) is 5.59. The molecule has 5 heteroatoms. The van der Waals surface area contributed by atoms with Crippen LogP contribution in [-0.2, 0) is 7.05 Å². The van der Waals surface area contributed by atoms with Crippen LogP contribution in [0.4, 0.5) is 5.69 Å². The van der Waals surface area contributed by atoms with Crippen LogP contribution < -0.4 is 10.7 Å². The van der Waals surface area contributed by atoms with Crippen LogP contribution in [0, 0.1) is 12.8 Å². The van der Waals surface area contributed by atoms with Crippen LogP contribution >= 0.6 is 0 Å². The van der Waals surface area contributed by atoms with E-state index in [-0.39, 0.29) is 5.78 Å². The Labute approximate surface area is 158 Å². The van der Waals surface area contributed by atoms with E-state index in [1.165, 1.54) is 17.4 Å². The molecule has 1 aliphatic heterocycles. The van der Waals surface area contributed by atoms with Crippen molar-refractivity contribution in [2.75, 3.05) is 18.0 Å². The highest BCUT2D eigenvalue weighted by Crippen LogP contribution is 2.26. The van der Waals surface area contributed by atoms with E-state index in [0.717, 1.165) is 35.8 Å². The lowest BCUT2D eigenvalue weighted by atomic mass is 9.97. The Balaban J connectivity index is 1.68. The van der Waals surface area contributed by atoms with Gasteiger partial charge >= 0.3 is 5.76 Å². The number of anilines is 1. The van der Waals surface area contributed by atoms with Crippen LogP contribution in [-0.4, -0.2) is 23.4 Å². The predicted octanol–water partition coefficient (Wildman–Crippen LogP) is 3.91. The minimum absolute atomic E-state index is 0.0567. The number of aryl methyl sites for hydroxylation is 2. The second-order valence-electron chi connectivity index (χ2n) is 7.62. The quantitative estimate of drug-likeness (QED) is 0.661. The summed E-state index contributed by atoms with van der Waals surface area (Å²) in [5, 5.41) is 0. The Kier molecular flexibility index (Phi) is 4.38. The van der Waals surface area contributed by atoms with Gasteiger partial charge in [0.05, 0.1) is 5.52 Å². The summed E-state index contributed by atoms with van der Waals surface area (Å²) in [6.45, 7) is 6.23. The third-order valence-corrected chi connectivity index (χ3v) is 5.59. The summed E-state index contributed by atoms with van der Waals surface area (Å²) in [4.78, 5) is 27.2. The van der Waals surface area contributed by atoms with Crippen molar-refractivity contribution in [1.29, 1.82) is 0 Å². The van der Waals surface area contributed by atoms with E-state index in [0.29, 0.717) is 16.7 Å². The molecule has 2 aromatic carbocycles. The van der Waals surface area contributed by atoms with Crippen molar-refractivity contribution in [2.45, 2.75) is 26.7 Å². The highest BCUT2D eigenvalue weighted by molar-refractivity contribution is 6.11. The fraction of sp³-hybridized carbons (Fsp3) is 0.364. The van der Waals surface area contributed by atoms with Crippen LogP contribution in [0.5, 0.6) is 0 Å². The number of aromatic nitrogens is 1. The maximum Gasteiger partial charge on any atom is 0.419 e. The molecule has 3 aromatic rings. The Hall–Kier alpha value is -2.82. The molecule has 0 unspecified atom stereocenters. The molecule has 2 heterocycles. The number of rotatable bonds is 3. The lowest BCUT2D eigenvalue weighted by molar-refractivity contribution is 0.103. The van der Waals surface area contributed by atoms with Crippen LogP contribution in [0.15, 0.2) is 45.6 Å². The molecule has 0 amide bonds. The molecule has 1 aliphatic rings. The number of fused-ring (bicyclic) bond motifs is 1. The van der Waals surface area contributed by atoms with E-state index < -0.39 is 5.76 Å². The number of benzene rings is 2.